The van der Waals surface area contributed by atoms with Crippen molar-refractivity contribution in [3.63, 3.8) is 0 Å². The summed E-state index contributed by atoms with van der Waals surface area (Å²) in [6, 6.07) is 5.37. The van der Waals surface area contributed by atoms with Crippen molar-refractivity contribution >= 4 is 5.69 Å². The fourth-order valence-corrected chi connectivity index (χ4v) is 2.28. The molecule has 0 aromatic heterocycles. The Kier molecular flexibility index (Phi) is 3.44. The average molecular weight is 223 g/mol. The van der Waals surface area contributed by atoms with E-state index in [-0.39, 0.29) is 11.9 Å². The van der Waals surface area contributed by atoms with Gasteiger partial charge in [-0.15, -0.1) is 0 Å². The van der Waals surface area contributed by atoms with E-state index in [2.05, 4.69) is 5.32 Å². The SMILES string of the molecule is Cc1cc(F)cc(NC2CCC(O)CC2)c1. The predicted molar refractivity (Wildman–Crippen MR) is 63.0 cm³/mol. The first kappa shape index (κ1) is 11.4. The van der Waals surface area contributed by atoms with Gasteiger partial charge in [-0.3, -0.25) is 0 Å². The molecule has 0 aliphatic heterocycles. The Balaban J connectivity index is 1.98. The summed E-state index contributed by atoms with van der Waals surface area (Å²) in [5.74, 6) is -0.196. The highest BCUT2D eigenvalue weighted by Crippen LogP contribution is 2.23. The Morgan fingerprint density at radius 3 is 2.50 bits per heavy atom. The normalized spacial score (nSPS) is 25.4. The van der Waals surface area contributed by atoms with Crippen molar-refractivity contribution in [3.05, 3.63) is 29.6 Å². The fraction of sp³-hybridized carbons (Fsp3) is 0.538. The molecule has 0 atom stereocenters. The molecule has 1 saturated carbocycles. The third kappa shape index (κ3) is 2.95. The van der Waals surface area contributed by atoms with Crippen molar-refractivity contribution < 1.29 is 9.50 Å². The monoisotopic (exact) mass is 223 g/mol. The van der Waals surface area contributed by atoms with Gasteiger partial charge in [-0.2, -0.15) is 0 Å². The summed E-state index contributed by atoms with van der Waals surface area (Å²) in [4.78, 5) is 0. The minimum Gasteiger partial charge on any atom is -0.393 e. The number of aliphatic hydroxyl groups excluding tert-OH is 1. The summed E-state index contributed by atoms with van der Waals surface area (Å²) < 4.78 is 13.2. The lowest BCUT2D eigenvalue weighted by Crippen LogP contribution is -2.28. The third-order valence-corrected chi connectivity index (χ3v) is 3.11. The minimum atomic E-state index is -0.196. The number of aryl methyl sites for hydroxylation is 1. The van der Waals surface area contributed by atoms with E-state index in [1.165, 1.54) is 12.1 Å². The first-order valence-electron chi connectivity index (χ1n) is 5.85. The largest absolute Gasteiger partial charge is 0.393 e. The van der Waals surface area contributed by atoms with E-state index < -0.39 is 0 Å². The average Bonchev–Trinajstić information content (AvgIpc) is 2.20. The summed E-state index contributed by atoms with van der Waals surface area (Å²) in [6.45, 7) is 1.89. The van der Waals surface area contributed by atoms with Crippen LogP contribution in [-0.4, -0.2) is 17.3 Å². The van der Waals surface area contributed by atoms with Crippen LogP contribution in [-0.2, 0) is 0 Å². The van der Waals surface area contributed by atoms with Crippen LogP contribution in [0.25, 0.3) is 0 Å². The summed E-state index contributed by atoms with van der Waals surface area (Å²) in [5.41, 5.74) is 1.78. The number of anilines is 1. The molecule has 0 heterocycles. The lowest BCUT2D eigenvalue weighted by molar-refractivity contribution is 0.126. The Morgan fingerprint density at radius 2 is 1.88 bits per heavy atom. The molecule has 1 fully saturated rings. The lowest BCUT2D eigenvalue weighted by atomic mass is 9.93. The Bertz CT molecular complexity index is 339. The Morgan fingerprint density at radius 1 is 1.19 bits per heavy atom. The second kappa shape index (κ2) is 4.83. The molecule has 0 saturated heterocycles. The fourth-order valence-electron chi connectivity index (χ4n) is 2.28. The van der Waals surface area contributed by atoms with E-state index in [9.17, 15) is 9.50 Å². The van der Waals surface area contributed by atoms with E-state index in [1.807, 2.05) is 13.0 Å². The van der Waals surface area contributed by atoms with Gasteiger partial charge in [0.05, 0.1) is 6.10 Å². The molecular weight excluding hydrogens is 205 g/mol. The van der Waals surface area contributed by atoms with Gasteiger partial charge < -0.3 is 10.4 Å². The number of hydrogen-bond acceptors (Lipinski definition) is 2. The van der Waals surface area contributed by atoms with Crippen LogP contribution in [0, 0.1) is 12.7 Å². The van der Waals surface area contributed by atoms with Crippen molar-refractivity contribution in [1.29, 1.82) is 0 Å². The topological polar surface area (TPSA) is 32.3 Å². The quantitative estimate of drug-likeness (QED) is 0.808. The summed E-state index contributed by atoms with van der Waals surface area (Å²) >= 11 is 0. The smallest absolute Gasteiger partial charge is 0.125 e. The lowest BCUT2D eigenvalue weighted by Gasteiger charge is -2.27. The van der Waals surface area contributed by atoms with Gasteiger partial charge in [0.15, 0.2) is 0 Å². The molecule has 2 N–H and O–H groups in total. The summed E-state index contributed by atoms with van der Waals surface area (Å²) in [5, 5.41) is 12.7. The zero-order valence-corrected chi connectivity index (χ0v) is 9.54. The van der Waals surface area contributed by atoms with E-state index in [0.717, 1.165) is 36.9 Å². The molecule has 0 spiro atoms. The number of hydrogen-bond donors (Lipinski definition) is 2. The van der Waals surface area contributed by atoms with Gasteiger partial charge in [0.2, 0.25) is 0 Å². The van der Waals surface area contributed by atoms with Crippen LogP contribution in [0.4, 0.5) is 10.1 Å². The van der Waals surface area contributed by atoms with E-state index in [1.54, 1.807) is 0 Å². The van der Waals surface area contributed by atoms with Crippen LogP contribution < -0.4 is 5.32 Å². The van der Waals surface area contributed by atoms with Crippen molar-refractivity contribution in [2.75, 3.05) is 5.32 Å². The Hall–Kier alpha value is -1.09. The van der Waals surface area contributed by atoms with E-state index >= 15 is 0 Å². The van der Waals surface area contributed by atoms with Crippen molar-refractivity contribution in [1.82, 2.24) is 0 Å². The second-order valence-electron chi connectivity index (χ2n) is 4.67. The third-order valence-electron chi connectivity index (χ3n) is 3.11. The maximum absolute atomic E-state index is 13.2. The molecule has 0 amide bonds. The van der Waals surface area contributed by atoms with Crippen LogP contribution in [0.1, 0.15) is 31.2 Å². The van der Waals surface area contributed by atoms with Gasteiger partial charge in [0.1, 0.15) is 5.82 Å². The molecular formula is C13H18FNO. The van der Waals surface area contributed by atoms with Gasteiger partial charge in [-0.1, -0.05) is 0 Å². The number of nitrogens with one attached hydrogen (secondary N) is 1. The number of aliphatic hydroxyl groups is 1. The molecule has 2 rings (SSSR count). The maximum atomic E-state index is 13.2. The molecule has 1 aliphatic rings. The number of rotatable bonds is 2. The zero-order chi connectivity index (χ0) is 11.5. The van der Waals surface area contributed by atoms with Gasteiger partial charge in [0, 0.05) is 11.7 Å². The van der Waals surface area contributed by atoms with Gasteiger partial charge in [0.25, 0.3) is 0 Å². The van der Waals surface area contributed by atoms with E-state index in [4.69, 9.17) is 0 Å². The predicted octanol–water partition coefficient (Wildman–Crippen LogP) is 2.85. The molecule has 0 radical (unpaired) electrons. The highest BCUT2D eigenvalue weighted by molar-refractivity contribution is 5.46. The highest BCUT2D eigenvalue weighted by atomic mass is 19.1. The van der Waals surface area contributed by atoms with Crippen LogP contribution in [0.15, 0.2) is 18.2 Å². The van der Waals surface area contributed by atoms with Crippen molar-refractivity contribution in [2.24, 2.45) is 0 Å². The zero-order valence-electron chi connectivity index (χ0n) is 9.54. The van der Waals surface area contributed by atoms with E-state index in [0.29, 0.717) is 6.04 Å². The number of benzene rings is 1. The van der Waals surface area contributed by atoms with Gasteiger partial charge >= 0.3 is 0 Å². The van der Waals surface area contributed by atoms with Crippen LogP contribution in [0.5, 0.6) is 0 Å². The van der Waals surface area contributed by atoms with Crippen molar-refractivity contribution in [2.45, 2.75) is 44.8 Å². The molecule has 16 heavy (non-hydrogen) atoms. The molecule has 1 aromatic rings. The van der Waals surface area contributed by atoms with Gasteiger partial charge in [-0.05, 0) is 56.4 Å². The molecule has 3 heteroatoms. The maximum Gasteiger partial charge on any atom is 0.125 e. The first-order valence-corrected chi connectivity index (χ1v) is 5.85. The first-order chi connectivity index (χ1) is 7.63. The second-order valence-corrected chi connectivity index (χ2v) is 4.67. The molecule has 88 valence electrons. The Labute approximate surface area is 95.5 Å². The molecule has 1 aliphatic carbocycles. The molecule has 0 bridgehead atoms. The van der Waals surface area contributed by atoms with Crippen LogP contribution >= 0.6 is 0 Å². The summed E-state index contributed by atoms with van der Waals surface area (Å²) in [6.07, 6.45) is 3.44. The standard InChI is InChI=1S/C13H18FNO/c1-9-6-10(14)8-12(7-9)15-11-2-4-13(16)5-3-11/h6-8,11,13,15-16H,2-5H2,1H3. The van der Waals surface area contributed by atoms with Crippen LogP contribution in [0.3, 0.4) is 0 Å². The summed E-state index contributed by atoms with van der Waals surface area (Å²) in [7, 11) is 0. The van der Waals surface area contributed by atoms with Gasteiger partial charge in [-0.25, -0.2) is 4.39 Å². The molecule has 1 aromatic carbocycles. The van der Waals surface area contributed by atoms with Crippen LogP contribution in [0.2, 0.25) is 0 Å². The van der Waals surface area contributed by atoms with Crippen molar-refractivity contribution in [3.8, 4) is 0 Å². The number of halogens is 1. The minimum absolute atomic E-state index is 0.146. The highest BCUT2D eigenvalue weighted by Gasteiger charge is 2.19. The molecule has 0 unspecified atom stereocenters. The molecule has 2 nitrogen and oxygen atoms in total.